The first-order valence-electron chi connectivity index (χ1n) is 11.7. The molecule has 176 valence electrons. The lowest BCUT2D eigenvalue weighted by Gasteiger charge is -2.25. The SMILES string of the molecule is CC(C)CC(COc1ccc2c3ccncc3c(=O)n(C3CC3)c2c1)NC(=O)OC(C)(C)C. The molecule has 0 radical (unpaired) electrons. The summed E-state index contributed by atoms with van der Waals surface area (Å²) in [5, 5.41) is 5.49. The molecule has 0 bridgehead atoms. The Hall–Kier alpha value is -3.09. The van der Waals surface area contributed by atoms with E-state index in [1.165, 1.54) is 0 Å². The number of amides is 1. The highest BCUT2D eigenvalue weighted by Gasteiger charge is 2.28. The van der Waals surface area contributed by atoms with Crippen molar-refractivity contribution < 1.29 is 14.3 Å². The van der Waals surface area contributed by atoms with Crippen molar-refractivity contribution in [3.05, 3.63) is 47.0 Å². The smallest absolute Gasteiger partial charge is 0.407 e. The molecule has 1 atom stereocenters. The predicted molar refractivity (Wildman–Crippen MR) is 130 cm³/mol. The summed E-state index contributed by atoms with van der Waals surface area (Å²) in [7, 11) is 0. The molecule has 4 rings (SSSR count). The van der Waals surface area contributed by atoms with Gasteiger partial charge in [-0.3, -0.25) is 9.78 Å². The normalized spacial score (nSPS) is 15.1. The van der Waals surface area contributed by atoms with E-state index in [4.69, 9.17) is 9.47 Å². The number of hydrogen-bond donors (Lipinski definition) is 1. The summed E-state index contributed by atoms with van der Waals surface area (Å²) < 4.78 is 13.4. The van der Waals surface area contributed by atoms with Crippen LogP contribution in [-0.4, -0.2) is 33.9 Å². The largest absolute Gasteiger partial charge is 0.491 e. The van der Waals surface area contributed by atoms with Crippen LogP contribution in [0.5, 0.6) is 5.75 Å². The Labute approximate surface area is 194 Å². The van der Waals surface area contributed by atoms with E-state index in [0.29, 0.717) is 23.7 Å². The zero-order valence-electron chi connectivity index (χ0n) is 20.1. The van der Waals surface area contributed by atoms with Gasteiger partial charge in [-0.1, -0.05) is 13.8 Å². The third-order valence-corrected chi connectivity index (χ3v) is 5.63. The van der Waals surface area contributed by atoms with Crippen LogP contribution in [0.1, 0.15) is 59.9 Å². The lowest BCUT2D eigenvalue weighted by atomic mass is 10.0. The molecule has 3 aromatic rings. The fourth-order valence-corrected chi connectivity index (χ4v) is 4.17. The predicted octanol–water partition coefficient (Wildman–Crippen LogP) is 5.20. The van der Waals surface area contributed by atoms with Crippen LogP contribution in [0.2, 0.25) is 0 Å². The van der Waals surface area contributed by atoms with Gasteiger partial charge in [0.05, 0.1) is 16.9 Å². The molecule has 1 aliphatic carbocycles. The first-order valence-corrected chi connectivity index (χ1v) is 11.7. The highest BCUT2D eigenvalue weighted by molar-refractivity contribution is 6.05. The second kappa shape index (κ2) is 9.04. The molecule has 7 nitrogen and oxygen atoms in total. The Kier molecular flexibility index (Phi) is 6.32. The van der Waals surface area contributed by atoms with Crippen LogP contribution in [0, 0.1) is 5.92 Å². The topological polar surface area (TPSA) is 82.5 Å². The molecule has 0 saturated heterocycles. The van der Waals surface area contributed by atoms with Crippen LogP contribution in [-0.2, 0) is 4.74 Å². The standard InChI is InChI=1S/C26H33N3O4/c1-16(2)12-17(28-25(31)33-26(3,4)5)15-32-19-8-9-21-20-10-11-27-14-22(20)24(30)29(18-6-7-18)23(21)13-19/h8-11,13-14,16-18H,6-7,12,15H2,1-5H3,(H,28,31). The Morgan fingerprint density at radius 1 is 1.18 bits per heavy atom. The maximum absolute atomic E-state index is 13.2. The number of ether oxygens (including phenoxy) is 2. The third kappa shape index (κ3) is 5.46. The van der Waals surface area contributed by atoms with Gasteiger partial charge in [0.15, 0.2) is 0 Å². The van der Waals surface area contributed by atoms with E-state index in [9.17, 15) is 9.59 Å². The van der Waals surface area contributed by atoms with Gasteiger partial charge < -0.3 is 19.4 Å². The summed E-state index contributed by atoms with van der Waals surface area (Å²) in [5.74, 6) is 1.05. The van der Waals surface area contributed by atoms with Crippen molar-refractivity contribution in [2.24, 2.45) is 5.92 Å². The molecule has 1 N–H and O–H groups in total. The van der Waals surface area contributed by atoms with Crippen molar-refractivity contribution >= 4 is 27.8 Å². The fourth-order valence-electron chi connectivity index (χ4n) is 4.17. The van der Waals surface area contributed by atoms with Gasteiger partial charge >= 0.3 is 6.09 Å². The maximum atomic E-state index is 13.2. The number of carbonyl (C=O) groups excluding carboxylic acids is 1. The number of aromatic nitrogens is 2. The van der Waals surface area contributed by atoms with E-state index < -0.39 is 11.7 Å². The molecular weight excluding hydrogens is 418 g/mol. The molecule has 2 heterocycles. The van der Waals surface area contributed by atoms with Crippen LogP contribution in [0.25, 0.3) is 21.7 Å². The second-order valence-corrected chi connectivity index (χ2v) is 10.3. The minimum atomic E-state index is -0.559. The van der Waals surface area contributed by atoms with Gasteiger partial charge in [0.25, 0.3) is 5.56 Å². The monoisotopic (exact) mass is 451 g/mol. The van der Waals surface area contributed by atoms with E-state index in [1.807, 2.05) is 49.6 Å². The number of fused-ring (bicyclic) bond motifs is 3. The molecule has 2 aromatic heterocycles. The molecule has 1 unspecified atom stereocenters. The summed E-state index contributed by atoms with van der Waals surface area (Å²) in [6.45, 7) is 10.1. The van der Waals surface area contributed by atoms with Crippen LogP contribution in [0.4, 0.5) is 4.79 Å². The Morgan fingerprint density at radius 3 is 2.61 bits per heavy atom. The highest BCUT2D eigenvalue weighted by Crippen LogP contribution is 2.38. The van der Waals surface area contributed by atoms with Crippen molar-refractivity contribution in [2.75, 3.05) is 6.61 Å². The molecule has 33 heavy (non-hydrogen) atoms. The zero-order valence-corrected chi connectivity index (χ0v) is 20.1. The lowest BCUT2D eigenvalue weighted by Crippen LogP contribution is -2.42. The van der Waals surface area contributed by atoms with Crippen LogP contribution >= 0.6 is 0 Å². The molecule has 1 saturated carbocycles. The van der Waals surface area contributed by atoms with Crippen LogP contribution in [0.15, 0.2) is 41.5 Å². The van der Waals surface area contributed by atoms with Gasteiger partial charge in [-0.15, -0.1) is 0 Å². The number of benzene rings is 1. The molecule has 1 aliphatic rings. The minimum Gasteiger partial charge on any atom is -0.491 e. The summed E-state index contributed by atoms with van der Waals surface area (Å²) in [5.41, 5.74) is 0.310. The molecule has 1 aromatic carbocycles. The number of carbonyl (C=O) groups is 1. The third-order valence-electron chi connectivity index (χ3n) is 5.63. The Balaban J connectivity index is 1.60. The second-order valence-electron chi connectivity index (χ2n) is 10.3. The lowest BCUT2D eigenvalue weighted by molar-refractivity contribution is 0.0480. The highest BCUT2D eigenvalue weighted by atomic mass is 16.6. The molecule has 0 spiro atoms. The van der Waals surface area contributed by atoms with E-state index >= 15 is 0 Å². The molecule has 7 heteroatoms. The van der Waals surface area contributed by atoms with Gasteiger partial charge in [-0.05, 0) is 69.5 Å². The summed E-state index contributed by atoms with van der Waals surface area (Å²) in [6.07, 6.45) is 5.69. The van der Waals surface area contributed by atoms with Gasteiger partial charge in [-0.2, -0.15) is 0 Å². The van der Waals surface area contributed by atoms with Gasteiger partial charge in [0, 0.05) is 29.9 Å². The van der Waals surface area contributed by atoms with E-state index in [2.05, 4.69) is 24.1 Å². The maximum Gasteiger partial charge on any atom is 0.407 e. The number of nitrogens with one attached hydrogen (secondary N) is 1. The summed E-state index contributed by atoms with van der Waals surface area (Å²) in [6, 6.07) is 7.79. The van der Waals surface area contributed by atoms with E-state index in [1.54, 1.807) is 12.4 Å². The molecule has 1 amide bonds. The number of alkyl carbamates (subject to hydrolysis) is 1. The van der Waals surface area contributed by atoms with Crippen molar-refractivity contribution in [1.29, 1.82) is 0 Å². The van der Waals surface area contributed by atoms with Crippen LogP contribution < -0.4 is 15.6 Å². The first-order chi connectivity index (χ1) is 15.6. The summed E-state index contributed by atoms with van der Waals surface area (Å²) in [4.78, 5) is 29.6. The van der Waals surface area contributed by atoms with Gasteiger partial charge in [0.2, 0.25) is 0 Å². The van der Waals surface area contributed by atoms with E-state index in [-0.39, 0.29) is 17.6 Å². The van der Waals surface area contributed by atoms with Crippen molar-refractivity contribution in [2.45, 2.75) is 71.6 Å². The van der Waals surface area contributed by atoms with Crippen molar-refractivity contribution in [3.63, 3.8) is 0 Å². The molecule has 1 fully saturated rings. The zero-order chi connectivity index (χ0) is 23.8. The Morgan fingerprint density at radius 2 is 1.94 bits per heavy atom. The number of hydrogen-bond acceptors (Lipinski definition) is 5. The minimum absolute atomic E-state index is 0.00507. The average Bonchev–Trinajstić information content (AvgIpc) is 3.55. The van der Waals surface area contributed by atoms with Gasteiger partial charge in [-0.25, -0.2) is 4.79 Å². The summed E-state index contributed by atoms with van der Waals surface area (Å²) >= 11 is 0. The number of pyridine rings is 2. The molecular formula is C26H33N3O4. The molecule has 0 aliphatic heterocycles. The Bertz CT molecular complexity index is 1220. The van der Waals surface area contributed by atoms with Gasteiger partial charge in [0.1, 0.15) is 18.0 Å². The average molecular weight is 452 g/mol. The number of rotatable bonds is 7. The number of nitrogens with zero attached hydrogens (tertiary/aromatic N) is 2. The first kappa shape index (κ1) is 23.1. The van der Waals surface area contributed by atoms with Crippen molar-refractivity contribution in [1.82, 2.24) is 14.9 Å². The van der Waals surface area contributed by atoms with Crippen molar-refractivity contribution in [3.8, 4) is 5.75 Å². The van der Waals surface area contributed by atoms with E-state index in [0.717, 1.165) is 35.6 Å². The van der Waals surface area contributed by atoms with Crippen LogP contribution in [0.3, 0.4) is 0 Å². The fraction of sp³-hybridized carbons (Fsp3) is 0.500. The quantitative estimate of drug-likeness (QED) is 0.499.